The average molecular weight is 403 g/mol. The van der Waals surface area contributed by atoms with E-state index in [1.165, 1.54) is 6.07 Å². The predicted octanol–water partition coefficient (Wildman–Crippen LogP) is 3.62. The molecule has 2 saturated heterocycles. The fourth-order valence-corrected chi connectivity index (χ4v) is 4.94. The standard InChI is InChI=1S/C23H22FN5O/c1-14-12-28-16(13-27-14)10-15-11-17-6-7-20(15)29(17)23(30)18-4-2-5-19(24)21(18)22-25-8-3-9-26-22/h2-5,8-9,12-13,15,17,20H,6-7,10-11H2,1H3. The highest BCUT2D eigenvalue weighted by atomic mass is 19.1. The normalized spacial score (nSPS) is 22.5. The van der Waals surface area contributed by atoms with Crippen LogP contribution in [0.25, 0.3) is 11.4 Å². The number of hydrogen-bond acceptors (Lipinski definition) is 5. The van der Waals surface area contributed by atoms with E-state index in [1.54, 1.807) is 36.8 Å². The highest BCUT2D eigenvalue weighted by Crippen LogP contribution is 2.44. The van der Waals surface area contributed by atoms with E-state index in [9.17, 15) is 9.18 Å². The Balaban J connectivity index is 1.44. The third-order valence-electron chi connectivity index (χ3n) is 6.24. The van der Waals surface area contributed by atoms with Crippen LogP contribution in [0.3, 0.4) is 0 Å². The minimum Gasteiger partial charge on any atom is -0.332 e. The summed E-state index contributed by atoms with van der Waals surface area (Å²) < 4.78 is 14.7. The summed E-state index contributed by atoms with van der Waals surface area (Å²) in [6.45, 7) is 1.92. The average Bonchev–Trinajstić information content (AvgIpc) is 3.33. The maximum atomic E-state index is 14.7. The fourth-order valence-electron chi connectivity index (χ4n) is 4.94. The number of fused-ring (bicyclic) bond motifs is 2. The summed E-state index contributed by atoms with van der Waals surface area (Å²) in [7, 11) is 0. The van der Waals surface area contributed by atoms with Gasteiger partial charge in [-0.2, -0.15) is 0 Å². The van der Waals surface area contributed by atoms with Crippen molar-refractivity contribution >= 4 is 5.91 Å². The Kier molecular flexibility index (Phi) is 4.73. The first kappa shape index (κ1) is 18.8. The molecule has 0 saturated carbocycles. The molecule has 3 aromatic rings. The van der Waals surface area contributed by atoms with E-state index >= 15 is 0 Å². The number of hydrogen-bond donors (Lipinski definition) is 0. The Bertz CT molecular complexity index is 1070. The lowest BCUT2D eigenvalue weighted by Crippen LogP contribution is -2.37. The first-order valence-corrected chi connectivity index (χ1v) is 10.3. The molecule has 0 radical (unpaired) electrons. The van der Waals surface area contributed by atoms with Gasteiger partial charge in [-0.1, -0.05) is 6.07 Å². The molecule has 2 aliphatic heterocycles. The lowest BCUT2D eigenvalue weighted by atomic mass is 9.86. The van der Waals surface area contributed by atoms with Gasteiger partial charge in [0.05, 0.1) is 22.5 Å². The number of benzene rings is 1. The van der Waals surface area contributed by atoms with Crippen LogP contribution in [0.5, 0.6) is 0 Å². The van der Waals surface area contributed by atoms with Gasteiger partial charge in [-0.15, -0.1) is 0 Å². The van der Waals surface area contributed by atoms with E-state index in [1.807, 2.05) is 18.0 Å². The van der Waals surface area contributed by atoms with E-state index in [-0.39, 0.29) is 29.4 Å². The van der Waals surface area contributed by atoms with Crippen LogP contribution in [-0.4, -0.2) is 42.8 Å². The summed E-state index contributed by atoms with van der Waals surface area (Å²) >= 11 is 0. The predicted molar refractivity (Wildman–Crippen MR) is 109 cm³/mol. The highest BCUT2D eigenvalue weighted by Gasteiger charge is 2.49. The second kappa shape index (κ2) is 7.55. The first-order valence-electron chi connectivity index (χ1n) is 10.3. The Morgan fingerprint density at radius 1 is 1.10 bits per heavy atom. The van der Waals surface area contributed by atoms with Crippen molar-refractivity contribution in [3.8, 4) is 11.4 Å². The van der Waals surface area contributed by atoms with E-state index in [2.05, 4.69) is 19.9 Å². The molecule has 7 heteroatoms. The zero-order valence-corrected chi connectivity index (χ0v) is 16.7. The zero-order valence-electron chi connectivity index (χ0n) is 16.7. The van der Waals surface area contributed by atoms with Crippen LogP contribution in [0, 0.1) is 18.7 Å². The molecule has 4 heterocycles. The highest BCUT2D eigenvalue weighted by molar-refractivity contribution is 6.01. The van der Waals surface area contributed by atoms with Crippen LogP contribution in [0.2, 0.25) is 0 Å². The number of carbonyl (C=O) groups excluding carboxylic acids is 1. The lowest BCUT2D eigenvalue weighted by molar-refractivity contribution is 0.0719. The Morgan fingerprint density at radius 3 is 2.70 bits per heavy atom. The third kappa shape index (κ3) is 3.24. The molecule has 0 aliphatic carbocycles. The van der Waals surface area contributed by atoms with Gasteiger partial charge >= 0.3 is 0 Å². The number of halogens is 1. The molecule has 0 N–H and O–H groups in total. The fraction of sp³-hybridized carbons (Fsp3) is 0.348. The van der Waals surface area contributed by atoms with Crippen molar-refractivity contribution in [2.45, 2.75) is 44.7 Å². The Labute approximate surface area is 174 Å². The molecule has 0 spiro atoms. The largest absolute Gasteiger partial charge is 0.332 e. The molecule has 2 fully saturated rings. The van der Waals surface area contributed by atoms with Crippen LogP contribution in [-0.2, 0) is 6.42 Å². The second-order valence-electron chi connectivity index (χ2n) is 8.09. The molecule has 2 bridgehead atoms. The van der Waals surface area contributed by atoms with Crippen molar-refractivity contribution in [3.63, 3.8) is 0 Å². The van der Waals surface area contributed by atoms with Crippen molar-refractivity contribution in [1.29, 1.82) is 0 Å². The van der Waals surface area contributed by atoms with Gasteiger partial charge in [-0.25, -0.2) is 14.4 Å². The summed E-state index contributed by atoms with van der Waals surface area (Å²) in [6.07, 6.45) is 10.4. The van der Waals surface area contributed by atoms with Crippen LogP contribution in [0.4, 0.5) is 4.39 Å². The van der Waals surface area contributed by atoms with Crippen LogP contribution in [0.1, 0.15) is 41.0 Å². The quantitative estimate of drug-likeness (QED) is 0.665. The Hall–Kier alpha value is -3.22. The first-order chi connectivity index (χ1) is 14.6. The maximum Gasteiger partial charge on any atom is 0.255 e. The van der Waals surface area contributed by atoms with Crippen LogP contribution in [0.15, 0.2) is 49.1 Å². The SMILES string of the molecule is Cc1cnc(CC2CC3CCC2N3C(=O)c2cccc(F)c2-c2ncccn2)cn1. The van der Waals surface area contributed by atoms with Gasteiger partial charge in [0.2, 0.25) is 0 Å². The third-order valence-corrected chi connectivity index (χ3v) is 6.24. The molecule has 6 nitrogen and oxygen atoms in total. The molecule has 1 amide bonds. The number of nitrogens with zero attached hydrogens (tertiary/aromatic N) is 5. The van der Waals surface area contributed by atoms with Crippen molar-refractivity contribution in [2.24, 2.45) is 5.92 Å². The van der Waals surface area contributed by atoms with Crippen LogP contribution >= 0.6 is 0 Å². The van der Waals surface area contributed by atoms with Gasteiger partial charge in [0, 0.05) is 36.9 Å². The van der Waals surface area contributed by atoms with Gasteiger partial charge in [0.1, 0.15) is 5.82 Å². The number of amides is 1. The summed E-state index contributed by atoms with van der Waals surface area (Å²) in [5, 5.41) is 0. The minimum atomic E-state index is -0.481. The van der Waals surface area contributed by atoms with Gasteiger partial charge in [0.15, 0.2) is 5.82 Å². The van der Waals surface area contributed by atoms with Crippen LogP contribution < -0.4 is 0 Å². The molecule has 2 aliphatic rings. The van der Waals surface area contributed by atoms with E-state index < -0.39 is 5.82 Å². The van der Waals surface area contributed by atoms with Crippen molar-refractivity contribution in [2.75, 3.05) is 0 Å². The number of rotatable bonds is 4. The zero-order chi connectivity index (χ0) is 20.7. The van der Waals surface area contributed by atoms with Crippen molar-refractivity contribution in [1.82, 2.24) is 24.8 Å². The molecule has 30 heavy (non-hydrogen) atoms. The smallest absolute Gasteiger partial charge is 0.255 e. The Morgan fingerprint density at radius 2 is 1.93 bits per heavy atom. The topological polar surface area (TPSA) is 71.9 Å². The molecular weight excluding hydrogens is 381 g/mol. The maximum absolute atomic E-state index is 14.7. The molecule has 3 atom stereocenters. The van der Waals surface area contributed by atoms with Crippen molar-refractivity contribution in [3.05, 3.63) is 71.8 Å². The molecule has 2 aromatic heterocycles. The van der Waals surface area contributed by atoms with Gasteiger partial charge in [0.25, 0.3) is 5.91 Å². The monoisotopic (exact) mass is 403 g/mol. The minimum absolute atomic E-state index is 0.137. The number of aromatic nitrogens is 4. The summed E-state index contributed by atoms with van der Waals surface area (Å²) in [6, 6.07) is 6.59. The summed E-state index contributed by atoms with van der Waals surface area (Å²) in [4.78, 5) is 32.7. The van der Waals surface area contributed by atoms with E-state index in [0.29, 0.717) is 11.5 Å². The molecular formula is C23H22FN5O. The van der Waals surface area contributed by atoms with Gasteiger partial charge in [-0.05, 0) is 56.7 Å². The molecule has 5 rings (SSSR count). The van der Waals surface area contributed by atoms with Crippen molar-refractivity contribution < 1.29 is 9.18 Å². The molecule has 1 aromatic carbocycles. The molecule has 3 unspecified atom stereocenters. The lowest BCUT2D eigenvalue weighted by Gasteiger charge is -2.25. The summed E-state index contributed by atoms with van der Waals surface area (Å²) in [5.41, 5.74) is 2.35. The second-order valence-corrected chi connectivity index (χ2v) is 8.09. The molecule has 152 valence electrons. The van der Waals surface area contributed by atoms with Gasteiger partial charge in [-0.3, -0.25) is 14.8 Å². The van der Waals surface area contributed by atoms with E-state index in [4.69, 9.17) is 0 Å². The number of aryl methyl sites for hydroxylation is 1. The summed E-state index contributed by atoms with van der Waals surface area (Å²) in [5.74, 6) is -0.0429. The number of carbonyl (C=O) groups is 1. The van der Waals surface area contributed by atoms with Gasteiger partial charge < -0.3 is 4.90 Å². The van der Waals surface area contributed by atoms with E-state index in [0.717, 1.165) is 37.1 Å².